The Kier molecular flexibility index (Phi) is 8.45. The maximum Gasteiger partial charge on any atom is 0.190 e. The Labute approximate surface area is 169 Å². The van der Waals surface area contributed by atoms with Gasteiger partial charge in [-0.1, -0.05) is 63.6 Å². The van der Waals surface area contributed by atoms with Gasteiger partial charge in [-0.3, -0.25) is 14.4 Å². The minimum Gasteiger partial charge on any atom is -0.508 e. The predicted octanol–water partition coefficient (Wildman–Crippen LogP) is 3.95. The Morgan fingerprint density at radius 1 is 1.19 bits per heavy atom. The van der Waals surface area contributed by atoms with Crippen LogP contribution in [0.2, 0.25) is 0 Å². The van der Waals surface area contributed by atoms with Crippen molar-refractivity contribution in [3.05, 3.63) is 11.3 Å². The third-order valence-corrected chi connectivity index (χ3v) is 5.82. The maximum absolute atomic E-state index is 12.9. The molecule has 26 heavy (non-hydrogen) atoms. The number of carbonyl (C=O) groups excluding carboxylic acids is 3. The lowest BCUT2D eigenvalue weighted by Crippen LogP contribution is -2.47. The fraction of sp³-hybridized carbons (Fsp3) is 0.750. The van der Waals surface area contributed by atoms with Gasteiger partial charge in [0.1, 0.15) is 11.3 Å². The Hall–Kier alpha value is -0.760. The second-order valence-corrected chi connectivity index (χ2v) is 9.92. The molecule has 1 rings (SSSR count). The smallest absolute Gasteiger partial charge is 0.190 e. The van der Waals surface area contributed by atoms with Crippen LogP contribution < -0.4 is 0 Å². The van der Waals surface area contributed by atoms with E-state index in [9.17, 15) is 24.6 Å². The number of aliphatic hydroxyl groups excluding tert-OH is 1. The SMILES string of the molecule is CCC(C)C(=O)C1=C(O)[C@@](O)(C(=O)CCC(C)I)[C@@H](CCC(C)C)C1=O. The van der Waals surface area contributed by atoms with Crippen LogP contribution in [0.15, 0.2) is 11.3 Å². The van der Waals surface area contributed by atoms with Crippen molar-refractivity contribution in [3.8, 4) is 0 Å². The van der Waals surface area contributed by atoms with Gasteiger partial charge in [0.25, 0.3) is 0 Å². The summed E-state index contributed by atoms with van der Waals surface area (Å²) in [5, 5.41) is 21.8. The quantitative estimate of drug-likeness (QED) is 0.282. The zero-order valence-electron chi connectivity index (χ0n) is 16.3. The Bertz CT molecular complexity index is 593. The number of rotatable bonds is 10. The van der Waals surface area contributed by atoms with Crippen molar-refractivity contribution < 1.29 is 24.6 Å². The summed E-state index contributed by atoms with van der Waals surface area (Å²) in [6.45, 7) is 9.40. The number of aliphatic hydroxyl groups is 2. The van der Waals surface area contributed by atoms with E-state index in [0.717, 1.165) is 0 Å². The van der Waals surface area contributed by atoms with E-state index < -0.39 is 40.5 Å². The summed E-state index contributed by atoms with van der Waals surface area (Å²) >= 11 is 2.18. The Balaban J connectivity index is 3.31. The molecule has 2 N–H and O–H groups in total. The van der Waals surface area contributed by atoms with Crippen molar-refractivity contribution in [2.75, 3.05) is 0 Å². The van der Waals surface area contributed by atoms with Crippen LogP contribution in [0.5, 0.6) is 0 Å². The molecule has 1 aliphatic carbocycles. The van der Waals surface area contributed by atoms with Gasteiger partial charge in [0, 0.05) is 16.3 Å². The lowest BCUT2D eigenvalue weighted by molar-refractivity contribution is -0.145. The summed E-state index contributed by atoms with van der Waals surface area (Å²) in [7, 11) is 0. The molecule has 0 aromatic carbocycles. The van der Waals surface area contributed by atoms with Crippen LogP contribution in [0, 0.1) is 17.8 Å². The molecule has 0 saturated carbocycles. The highest BCUT2D eigenvalue weighted by Crippen LogP contribution is 2.42. The third kappa shape index (κ3) is 4.74. The zero-order valence-corrected chi connectivity index (χ0v) is 18.5. The van der Waals surface area contributed by atoms with E-state index in [1.807, 2.05) is 27.7 Å². The largest absolute Gasteiger partial charge is 0.508 e. The van der Waals surface area contributed by atoms with E-state index in [-0.39, 0.29) is 28.3 Å². The van der Waals surface area contributed by atoms with Gasteiger partial charge in [-0.15, -0.1) is 0 Å². The van der Waals surface area contributed by atoms with Gasteiger partial charge in [0.15, 0.2) is 23.0 Å². The predicted molar refractivity (Wildman–Crippen MR) is 109 cm³/mol. The number of allylic oxidation sites excluding steroid dienone is 1. The molecule has 6 heteroatoms. The van der Waals surface area contributed by atoms with Crippen molar-refractivity contribution >= 4 is 39.9 Å². The highest BCUT2D eigenvalue weighted by molar-refractivity contribution is 14.1. The molecule has 0 aromatic rings. The van der Waals surface area contributed by atoms with E-state index in [0.29, 0.717) is 19.3 Å². The first-order chi connectivity index (χ1) is 12.0. The van der Waals surface area contributed by atoms with E-state index >= 15 is 0 Å². The molecule has 0 radical (unpaired) electrons. The molecule has 0 aliphatic heterocycles. The molecule has 0 spiro atoms. The summed E-state index contributed by atoms with van der Waals surface area (Å²) in [5.41, 5.74) is -2.64. The lowest BCUT2D eigenvalue weighted by Gasteiger charge is -2.28. The van der Waals surface area contributed by atoms with Crippen LogP contribution in [-0.4, -0.2) is 37.1 Å². The van der Waals surface area contributed by atoms with Crippen LogP contribution in [0.25, 0.3) is 0 Å². The normalized spacial score (nSPS) is 25.7. The van der Waals surface area contributed by atoms with Crippen LogP contribution in [-0.2, 0) is 14.4 Å². The van der Waals surface area contributed by atoms with Crippen LogP contribution >= 0.6 is 22.6 Å². The third-order valence-electron chi connectivity index (χ3n) is 5.20. The topological polar surface area (TPSA) is 91.7 Å². The van der Waals surface area contributed by atoms with Crippen molar-refractivity contribution in [1.29, 1.82) is 0 Å². The van der Waals surface area contributed by atoms with E-state index in [4.69, 9.17) is 0 Å². The molecule has 2 unspecified atom stereocenters. The first-order valence-corrected chi connectivity index (χ1v) is 10.6. The van der Waals surface area contributed by atoms with Gasteiger partial charge in [0.2, 0.25) is 0 Å². The summed E-state index contributed by atoms with van der Waals surface area (Å²) in [6.07, 6.45) is 1.99. The first kappa shape index (κ1) is 23.3. The van der Waals surface area contributed by atoms with E-state index in [1.54, 1.807) is 6.92 Å². The molecule has 0 aromatic heterocycles. The number of ketones is 3. The molecule has 5 nitrogen and oxygen atoms in total. The molecule has 4 atom stereocenters. The first-order valence-electron chi connectivity index (χ1n) is 9.40. The van der Waals surface area contributed by atoms with E-state index in [2.05, 4.69) is 22.6 Å². The fourth-order valence-electron chi connectivity index (χ4n) is 3.19. The van der Waals surface area contributed by atoms with Crippen LogP contribution in [0.4, 0.5) is 0 Å². The second-order valence-electron chi connectivity index (χ2n) is 7.79. The highest BCUT2D eigenvalue weighted by Gasteiger charge is 2.58. The van der Waals surface area contributed by atoms with Gasteiger partial charge < -0.3 is 10.2 Å². The molecule has 0 amide bonds. The molecule has 0 bridgehead atoms. The molecular formula is C20H31IO5. The molecule has 0 saturated heterocycles. The number of Topliss-reactive ketones (excluding diaryl/α,β-unsaturated/α-hetero) is 3. The van der Waals surface area contributed by atoms with Crippen molar-refractivity contribution in [3.63, 3.8) is 0 Å². The molecule has 148 valence electrons. The van der Waals surface area contributed by atoms with Gasteiger partial charge >= 0.3 is 0 Å². The number of carbonyl (C=O) groups is 3. The van der Waals surface area contributed by atoms with Crippen LogP contribution in [0.3, 0.4) is 0 Å². The summed E-state index contributed by atoms with van der Waals surface area (Å²) in [6, 6.07) is 0. The number of halogens is 1. The number of alkyl halides is 1. The maximum atomic E-state index is 12.9. The minimum absolute atomic E-state index is 0.0565. The monoisotopic (exact) mass is 478 g/mol. The highest BCUT2D eigenvalue weighted by atomic mass is 127. The second kappa shape index (κ2) is 9.44. The minimum atomic E-state index is -2.27. The average Bonchev–Trinajstić information content (AvgIpc) is 2.76. The van der Waals surface area contributed by atoms with Gasteiger partial charge in [-0.2, -0.15) is 0 Å². The molecule has 0 heterocycles. The van der Waals surface area contributed by atoms with Gasteiger partial charge in [-0.05, 0) is 25.2 Å². The summed E-state index contributed by atoms with van der Waals surface area (Å²) < 4.78 is 0.221. The fourth-order valence-corrected chi connectivity index (χ4v) is 3.50. The molecular weight excluding hydrogens is 447 g/mol. The van der Waals surface area contributed by atoms with E-state index in [1.165, 1.54) is 0 Å². The van der Waals surface area contributed by atoms with Crippen molar-refractivity contribution in [2.24, 2.45) is 17.8 Å². The standard InChI is InChI=1S/C20H31IO5/c1-6-12(4)17(23)16-18(24)14(9-7-11(2)3)20(26,19(16)25)15(22)10-8-13(5)21/h11-14,25-26H,6-10H2,1-5H3/t12?,13?,14-,20-/m0/s1. The van der Waals surface area contributed by atoms with Gasteiger partial charge in [0.05, 0.1) is 5.92 Å². The van der Waals surface area contributed by atoms with Crippen molar-refractivity contribution in [2.45, 2.75) is 76.2 Å². The Morgan fingerprint density at radius 3 is 2.23 bits per heavy atom. The lowest BCUT2D eigenvalue weighted by atomic mass is 9.79. The molecule has 0 fully saturated rings. The van der Waals surface area contributed by atoms with Gasteiger partial charge in [-0.25, -0.2) is 0 Å². The van der Waals surface area contributed by atoms with Crippen molar-refractivity contribution in [1.82, 2.24) is 0 Å². The zero-order chi connectivity index (χ0) is 20.2. The number of hydrogen-bond donors (Lipinski definition) is 2. The van der Waals surface area contributed by atoms with Crippen LogP contribution in [0.1, 0.15) is 66.7 Å². The average molecular weight is 478 g/mol. The molecule has 1 aliphatic rings. The number of hydrogen-bond acceptors (Lipinski definition) is 5. The summed E-state index contributed by atoms with van der Waals surface area (Å²) in [5.74, 6) is -3.64. The summed E-state index contributed by atoms with van der Waals surface area (Å²) in [4.78, 5) is 38.3. The Morgan fingerprint density at radius 2 is 1.77 bits per heavy atom.